The van der Waals surface area contributed by atoms with Gasteiger partial charge in [0.2, 0.25) is 5.91 Å². The first kappa shape index (κ1) is 21.3. The molecule has 0 radical (unpaired) electrons. The van der Waals surface area contributed by atoms with Crippen LogP contribution in [0.15, 0.2) is 88.3 Å². The number of aromatic nitrogens is 3. The van der Waals surface area contributed by atoms with E-state index in [0.717, 1.165) is 15.4 Å². The average Bonchev–Trinajstić information content (AvgIpc) is 2.83. The van der Waals surface area contributed by atoms with Crippen molar-refractivity contribution in [2.24, 2.45) is 0 Å². The molecule has 5 rings (SSSR count). The summed E-state index contributed by atoms with van der Waals surface area (Å²) in [6.45, 7) is -0.241. The van der Waals surface area contributed by atoms with Crippen LogP contribution < -0.4 is 10.9 Å². The topological polar surface area (TPSA) is 76.9 Å². The minimum Gasteiger partial charge on any atom is -0.323 e. The highest BCUT2D eigenvalue weighted by molar-refractivity contribution is 9.10. The van der Waals surface area contributed by atoms with Crippen LogP contribution in [0.1, 0.15) is 0 Å². The number of carbonyl (C=O) groups excluding carboxylic acids is 1. The lowest BCUT2D eigenvalue weighted by atomic mass is 10.1. The maximum absolute atomic E-state index is 13.1. The molecule has 0 saturated carbocycles. The number of nitrogens with zero attached hydrogens (tertiary/aromatic N) is 3. The van der Waals surface area contributed by atoms with E-state index in [1.54, 1.807) is 36.5 Å². The summed E-state index contributed by atoms with van der Waals surface area (Å²) in [5.41, 5.74) is 2.28. The van der Waals surface area contributed by atoms with E-state index in [1.807, 2.05) is 42.5 Å². The van der Waals surface area contributed by atoms with Crippen molar-refractivity contribution in [1.29, 1.82) is 0 Å². The molecule has 1 amide bonds. The van der Waals surface area contributed by atoms with Crippen molar-refractivity contribution in [2.75, 3.05) is 5.32 Å². The molecule has 0 unspecified atom stereocenters. The van der Waals surface area contributed by atoms with Gasteiger partial charge < -0.3 is 5.32 Å². The largest absolute Gasteiger partial charge is 0.323 e. The molecule has 0 atom stereocenters. The molecule has 0 spiro atoms. The summed E-state index contributed by atoms with van der Waals surface area (Å²) in [6.07, 6.45) is 1.66. The molecule has 8 heteroatoms. The highest BCUT2D eigenvalue weighted by atomic mass is 79.9. The van der Waals surface area contributed by atoms with E-state index < -0.39 is 0 Å². The number of nitrogens with one attached hydrogen (secondary N) is 1. The van der Waals surface area contributed by atoms with Gasteiger partial charge in [-0.05, 0) is 36.4 Å². The Balaban J connectivity index is 1.54. The van der Waals surface area contributed by atoms with Crippen molar-refractivity contribution in [3.05, 3.63) is 98.8 Å². The second kappa shape index (κ2) is 8.77. The van der Waals surface area contributed by atoms with Gasteiger partial charge in [-0.2, -0.15) is 5.10 Å². The average molecular weight is 520 g/mol. The lowest BCUT2D eigenvalue weighted by Gasteiger charge is -2.12. The minimum absolute atomic E-state index is 0.241. The van der Waals surface area contributed by atoms with Gasteiger partial charge in [0.15, 0.2) is 0 Å². The molecule has 0 fully saturated rings. The van der Waals surface area contributed by atoms with Crippen LogP contribution in [0.25, 0.3) is 32.9 Å². The van der Waals surface area contributed by atoms with E-state index in [1.165, 1.54) is 4.68 Å². The SMILES string of the molecule is O=C(Cn1nc(-c2ccc(Cl)cc2)c2ccccc2c1=O)Nc1ccc(Br)c2cccnc12. The highest BCUT2D eigenvalue weighted by Crippen LogP contribution is 2.29. The molecule has 0 bridgehead atoms. The zero-order valence-corrected chi connectivity index (χ0v) is 19.5. The second-order valence-electron chi connectivity index (χ2n) is 7.41. The lowest BCUT2D eigenvalue weighted by molar-refractivity contribution is -0.117. The smallest absolute Gasteiger partial charge is 0.275 e. The van der Waals surface area contributed by atoms with Crippen molar-refractivity contribution in [3.63, 3.8) is 0 Å². The van der Waals surface area contributed by atoms with Crippen molar-refractivity contribution in [3.8, 4) is 11.3 Å². The summed E-state index contributed by atoms with van der Waals surface area (Å²) in [6, 6.07) is 21.8. The van der Waals surface area contributed by atoms with Gasteiger partial charge in [-0.25, -0.2) is 4.68 Å². The van der Waals surface area contributed by atoms with Gasteiger partial charge in [0.05, 0.1) is 22.3 Å². The molecule has 2 heterocycles. The Kier molecular flexibility index (Phi) is 5.66. The van der Waals surface area contributed by atoms with Gasteiger partial charge in [0.1, 0.15) is 6.54 Å². The number of benzene rings is 3. The third-order valence-electron chi connectivity index (χ3n) is 5.27. The molecule has 5 aromatic rings. The van der Waals surface area contributed by atoms with E-state index in [-0.39, 0.29) is 18.0 Å². The predicted octanol–water partition coefficient (Wildman–Crippen LogP) is 5.67. The molecule has 3 aromatic carbocycles. The molecule has 1 N–H and O–H groups in total. The summed E-state index contributed by atoms with van der Waals surface area (Å²) in [7, 11) is 0. The maximum atomic E-state index is 13.1. The van der Waals surface area contributed by atoms with Crippen LogP contribution >= 0.6 is 27.5 Å². The van der Waals surface area contributed by atoms with Gasteiger partial charge in [-0.1, -0.05) is 63.9 Å². The first-order chi connectivity index (χ1) is 16.0. The molecule has 162 valence electrons. The van der Waals surface area contributed by atoms with Gasteiger partial charge >= 0.3 is 0 Å². The van der Waals surface area contributed by atoms with Crippen LogP contribution in [0.4, 0.5) is 5.69 Å². The van der Waals surface area contributed by atoms with Crippen molar-refractivity contribution in [1.82, 2.24) is 14.8 Å². The van der Waals surface area contributed by atoms with E-state index >= 15 is 0 Å². The normalized spacial score (nSPS) is 11.1. The molecule has 0 aliphatic heterocycles. The van der Waals surface area contributed by atoms with Crippen molar-refractivity contribution >= 4 is 60.8 Å². The van der Waals surface area contributed by atoms with Crippen LogP contribution in [0.3, 0.4) is 0 Å². The van der Waals surface area contributed by atoms with Crippen LogP contribution in [0, 0.1) is 0 Å². The van der Waals surface area contributed by atoms with Gasteiger partial charge in [-0.3, -0.25) is 14.6 Å². The Labute approximate surface area is 202 Å². The van der Waals surface area contributed by atoms with Gasteiger partial charge in [0.25, 0.3) is 5.56 Å². The molecule has 0 aliphatic rings. The van der Waals surface area contributed by atoms with E-state index in [0.29, 0.717) is 32.7 Å². The fourth-order valence-corrected chi connectivity index (χ4v) is 4.31. The molecule has 6 nitrogen and oxygen atoms in total. The zero-order valence-electron chi connectivity index (χ0n) is 17.1. The Morgan fingerprint density at radius 3 is 2.45 bits per heavy atom. The lowest BCUT2D eigenvalue weighted by Crippen LogP contribution is -2.30. The predicted molar refractivity (Wildman–Crippen MR) is 135 cm³/mol. The quantitative estimate of drug-likeness (QED) is 0.332. The fraction of sp³-hybridized carbons (Fsp3) is 0.0400. The molecular formula is C25H16BrClN4O2. The summed E-state index contributed by atoms with van der Waals surface area (Å²) in [4.78, 5) is 30.4. The third kappa shape index (κ3) is 4.13. The number of rotatable bonds is 4. The molecular weight excluding hydrogens is 504 g/mol. The number of hydrogen-bond acceptors (Lipinski definition) is 4. The standard InChI is InChI=1S/C25H16BrClN4O2/c26-20-11-12-21(24-19(20)6-3-13-28-24)29-22(32)14-31-25(33)18-5-2-1-4-17(18)23(30-31)15-7-9-16(27)10-8-15/h1-13H,14H2,(H,29,32). The number of pyridine rings is 1. The summed E-state index contributed by atoms with van der Waals surface area (Å²) in [5, 5.41) is 10.1. The van der Waals surface area contributed by atoms with Gasteiger partial charge in [0, 0.05) is 32.0 Å². The maximum Gasteiger partial charge on any atom is 0.275 e. The van der Waals surface area contributed by atoms with Crippen LogP contribution in [-0.2, 0) is 11.3 Å². The third-order valence-corrected chi connectivity index (χ3v) is 6.21. The van der Waals surface area contributed by atoms with Crippen LogP contribution in [0.5, 0.6) is 0 Å². The number of amides is 1. The van der Waals surface area contributed by atoms with Crippen LogP contribution in [0.2, 0.25) is 5.02 Å². The zero-order chi connectivity index (χ0) is 22.9. The summed E-state index contributed by atoms with van der Waals surface area (Å²) >= 11 is 9.54. The fourth-order valence-electron chi connectivity index (χ4n) is 3.73. The number of fused-ring (bicyclic) bond motifs is 2. The highest BCUT2D eigenvalue weighted by Gasteiger charge is 2.15. The van der Waals surface area contributed by atoms with Crippen molar-refractivity contribution in [2.45, 2.75) is 6.54 Å². The molecule has 0 saturated heterocycles. The van der Waals surface area contributed by atoms with Crippen molar-refractivity contribution < 1.29 is 4.79 Å². The molecule has 33 heavy (non-hydrogen) atoms. The first-order valence-corrected chi connectivity index (χ1v) is 11.3. The Morgan fingerprint density at radius 1 is 0.939 bits per heavy atom. The Morgan fingerprint density at radius 2 is 1.67 bits per heavy atom. The van der Waals surface area contributed by atoms with E-state index in [4.69, 9.17) is 11.6 Å². The van der Waals surface area contributed by atoms with Crippen LogP contribution in [-0.4, -0.2) is 20.7 Å². The Hall–Kier alpha value is -3.55. The second-order valence-corrected chi connectivity index (χ2v) is 8.70. The number of halogens is 2. The number of anilines is 1. The summed E-state index contributed by atoms with van der Waals surface area (Å²) < 4.78 is 2.07. The first-order valence-electron chi connectivity index (χ1n) is 10.1. The van der Waals surface area contributed by atoms with E-state index in [9.17, 15) is 9.59 Å². The minimum atomic E-state index is -0.379. The molecule has 0 aliphatic carbocycles. The summed E-state index contributed by atoms with van der Waals surface area (Å²) in [5.74, 6) is -0.379. The monoisotopic (exact) mass is 518 g/mol. The molecule has 2 aromatic heterocycles. The van der Waals surface area contributed by atoms with Gasteiger partial charge in [-0.15, -0.1) is 0 Å². The Bertz CT molecular complexity index is 1580. The van der Waals surface area contributed by atoms with E-state index in [2.05, 4.69) is 31.3 Å². The number of hydrogen-bond donors (Lipinski definition) is 1. The number of carbonyl (C=O) groups is 1.